The van der Waals surface area contributed by atoms with Gasteiger partial charge < -0.3 is 4.90 Å². The van der Waals surface area contributed by atoms with Crippen LogP contribution in [0.1, 0.15) is 12.0 Å². The van der Waals surface area contributed by atoms with Crippen molar-refractivity contribution in [3.63, 3.8) is 0 Å². The predicted octanol–water partition coefficient (Wildman–Crippen LogP) is 5.65. The third-order valence-corrected chi connectivity index (χ3v) is 5.52. The smallest absolute Gasteiger partial charge is 0.230 e. The predicted molar refractivity (Wildman–Crippen MR) is 110 cm³/mol. The SMILES string of the molecule is O=C1C(Cc2ccc(Cl)cc2)CCN1c1ccc(-c2ccncc2)cc1Cl. The maximum atomic E-state index is 12.9. The standard InChI is InChI=1S/C22H18Cl2N2O/c23-19-4-1-15(2-5-19)13-18-9-12-26(22(18)27)21-6-3-17(14-20(21)24)16-7-10-25-11-8-16/h1-8,10-11,14,18H,9,12-13H2. The summed E-state index contributed by atoms with van der Waals surface area (Å²) in [6.07, 6.45) is 5.05. The molecule has 0 spiro atoms. The molecule has 1 amide bonds. The van der Waals surface area contributed by atoms with E-state index in [1.54, 1.807) is 17.3 Å². The van der Waals surface area contributed by atoms with E-state index in [2.05, 4.69) is 4.98 Å². The quantitative estimate of drug-likeness (QED) is 0.570. The van der Waals surface area contributed by atoms with Gasteiger partial charge in [-0.05, 0) is 65.9 Å². The molecule has 1 aliphatic heterocycles. The van der Waals surface area contributed by atoms with Crippen LogP contribution in [-0.4, -0.2) is 17.4 Å². The number of hydrogen-bond acceptors (Lipinski definition) is 2. The summed E-state index contributed by atoms with van der Waals surface area (Å²) in [6, 6.07) is 17.4. The molecule has 0 saturated carbocycles. The van der Waals surface area contributed by atoms with Gasteiger partial charge in [0.2, 0.25) is 5.91 Å². The van der Waals surface area contributed by atoms with Crippen LogP contribution in [0.25, 0.3) is 11.1 Å². The maximum absolute atomic E-state index is 12.9. The third-order valence-electron chi connectivity index (χ3n) is 4.96. The minimum Gasteiger partial charge on any atom is -0.311 e. The topological polar surface area (TPSA) is 33.2 Å². The van der Waals surface area contributed by atoms with Gasteiger partial charge in [-0.1, -0.05) is 41.4 Å². The molecule has 0 N–H and O–H groups in total. The molecule has 2 aromatic carbocycles. The van der Waals surface area contributed by atoms with Crippen LogP contribution in [0.5, 0.6) is 0 Å². The Morgan fingerprint density at radius 1 is 0.963 bits per heavy atom. The van der Waals surface area contributed by atoms with E-state index in [-0.39, 0.29) is 11.8 Å². The summed E-state index contributed by atoms with van der Waals surface area (Å²) in [6.45, 7) is 0.686. The lowest BCUT2D eigenvalue weighted by Crippen LogP contribution is -2.28. The van der Waals surface area contributed by atoms with Gasteiger partial charge in [0.25, 0.3) is 0 Å². The van der Waals surface area contributed by atoms with Crippen LogP contribution in [-0.2, 0) is 11.2 Å². The van der Waals surface area contributed by atoms with E-state index in [1.807, 2.05) is 54.6 Å². The van der Waals surface area contributed by atoms with Crippen molar-refractivity contribution in [1.82, 2.24) is 4.98 Å². The summed E-state index contributed by atoms with van der Waals surface area (Å²) in [7, 11) is 0. The lowest BCUT2D eigenvalue weighted by molar-refractivity contribution is -0.120. The van der Waals surface area contributed by atoms with Crippen LogP contribution < -0.4 is 4.90 Å². The first-order valence-corrected chi connectivity index (χ1v) is 9.63. The number of halogens is 2. The number of benzene rings is 2. The number of nitrogens with zero attached hydrogens (tertiary/aromatic N) is 2. The Kier molecular flexibility index (Phi) is 5.15. The summed E-state index contributed by atoms with van der Waals surface area (Å²) in [4.78, 5) is 18.8. The third kappa shape index (κ3) is 3.85. The number of hydrogen-bond donors (Lipinski definition) is 0. The van der Waals surface area contributed by atoms with E-state index in [9.17, 15) is 4.79 Å². The van der Waals surface area contributed by atoms with Gasteiger partial charge in [-0.25, -0.2) is 0 Å². The van der Waals surface area contributed by atoms with Crippen LogP contribution in [0, 0.1) is 5.92 Å². The Bertz CT molecular complexity index is 958. The largest absolute Gasteiger partial charge is 0.311 e. The molecule has 2 heterocycles. The van der Waals surface area contributed by atoms with Gasteiger partial charge in [0.05, 0.1) is 10.7 Å². The minimum absolute atomic E-state index is 0.0258. The Hall–Kier alpha value is -2.36. The first-order chi connectivity index (χ1) is 13.1. The zero-order chi connectivity index (χ0) is 18.8. The van der Waals surface area contributed by atoms with Gasteiger partial charge >= 0.3 is 0 Å². The van der Waals surface area contributed by atoms with Crippen molar-refractivity contribution in [2.75, 3.05) is 11.4 Å². The van der Waals surface area contributed by atoms with Crippen molar-refractivity contribution in [2.24, 2.45) is 5.92 Å². The van der Waals surface area contributed by atoms with Crippen molar-refractivity contribution in [3.8, 4) is 11.1 Å². The van der Waals surface area contributed by atoms with Gasteiger partial charge in [-0.15, -0.1) is 0 Å². The summed E-state index contributed by atoms with van der Waals surface area (Å²) in [5.74, 6) is 0.102. The molecule has 136 valence electrons. The van der Waals surface area contributed by atoms with E-state index in [4.69, 9.17) is 23.2 Å². The van der Waals surface area contributed by atoms with Crippen LogP contribution in [0.3, 0.4) is 0 Å². The molecular weight excluding hydrogens is 379 g/mol. The highest BCUT2D eigenvalue weighted by molar-refractivity contribution is 6.34. The molecule has 0 aliphatic carbocycles. The van der Waals surface area contributed by atoms with Gasteiger partial charge in [-0.3, -0.25) is 9.78 Å². The van der Waals surface area contributed by atoms with Crippen LogP contribution in [0.15, 0.2) is 67.0 Å². The van der Waals surface area contributed by atoms with Crippen molar-refractivity contribution >= 4 is 34.8 Å². The fraction of sp³-hybridized carbons (Fsp3) is 0.182. The number of amides is 1. The van der Waals surface area contributed by atoms with Gasteiger partial charge in [0.1, 0.15) is 0 Å². The van der Waals surface area contributed by atoms with Crippen LogP contribution in [0.2, 0.25) is 10.0 Å². The number of carbonyl (C=O) groups excluding carboxylic acids is 1. The number of aromatic nitrogens is 1. The van der Waals surface area contributed by atoms with E-state index in [1.165, 1.54) is 0 Å². The van der Waals surface area contributed by atoms with E-state index >= 15 is 0 Å². The van der Waals surface area contributed by atoms with Crippen molar-refractivity contribution in [1.29, 1.82) is 0 Å². The summed E-state index contributed by atoms with van der Waals surface area (Å²) in [5.41, 5.74) is 3.96. The molecule has 3 nitrogen and oxygen atoms in total. The Labute approximate surface area is 168 Å². The Morgan fingerprint density at radius 3 is 2.41 bits per heavy atom. The molecule has 5 heteroatoms. The molecule has 27 heavy (non-hydrogen) atoms. The van der Waals surface area contributed by atoms with E-state index in [0.717, 1.165) is 35.2 Å². The number of rotatable bonds is 4. The average molecular weight is 397 g/mol. The highest BCUT2D eigenvalue weighted by Gasteiger charge is 2.33. The van der Waals surface area contributed by atoms with Crippen LogP contribution in [0.4, 0.5) is 5.69 Å². The molecule has 1 atom stereocenters. The molecule has 4 rings (SSSR count). The highest BCUT2D eigenvalue weighted by atomic mass is 35.5. The summed E-state index contributed by atoms with van der Waals surface area (Å²) < 4.78 is 0. The normalized spacial score (nSPS) is 16.7. The molecule has 1 unspecified atom stereocenters. The molecule has 0 bridgehead atoms. The first kappa shape index (κ1) is 18.0. The average Bonchev–Trinajstić information content (AvgIpc) is 3.04. The van der Waals surface area contributed by atoms with Crippen molar-refractivity contribution in [3.05, 3.63) is 82.6 Å². The number of anilines is 1. The lowest BCUT2D eigenvalue weighted by atomic mass is 9.98. The van der Waals surface area contributed by atoms with Crippen molar-refractivity contribution in [2.45, 2.75) is 12.8 Å². The second kappa shape index (κ2) is 7.71. The van der Waals surface area contributed by atoms with Crippen LogP contribution >= 0.6 is 23.2 Å². The Balaban J connectivity index is 1.52. The number of carbonyl (C=O) groups is 1. The second-order valence-electron chi connectivity index (χ2n) is 6.71. The maximum Gasteiger partial charge on any atom is 0.230 e. The molecule has 1 saturated heterocycles. The van der Waals surface area contributed by atoms with Gasteiger partial charge in [-0.2, -0.15) is 0 Å². The second-order valence-corrected chi connectivity index (χ2v) is 7.55. The Morgan fingerprint density at radius 2 is 1.70 bits per heavy atom. The van der Waals surface area contributed by atoms with E-state index in [0.29, 0.717) is 16.6 Å². The molecule has 1 aliphatic rings. The fourth-order valence-corrected chi connectivity index (χ4v) is 3.93. The molecule has 0 radical (unpaired) electrons. The van der Waals surface area contributed by atoms with Gasteiger partial charge in [0, 0.05) is 29.9 Å². The van der Waals surface area contributed by atoms with E-state index < -0.39 is 0 Å². The number of pyridine rings is 1. The van der Waals surface area contributed by atoms with Gasteiger partial charge in [0.15, 0.2) is 0 Å². The summed E-state index contributed by atoms with van der Waals surface area (Å²) in [5, 5.41) is 1.30. The highest BCUT2D eigenvalue weighted by Crippen LogP contribution is 2.35. The minimum atomic E-state index is -0.0258. The lowest BCUT2D eigenvalue weighted by Gasteiger charge is -2.19. The molecule has 3 aromatic rings. The summed E-state index contributed by atoms with van der Waals surface area (Å²) >= 11 is 12.5. The molecule has 1 aromatic heterocycles. The zero-order valence-electron chi connectivity index (χ0n) is 14.6. The molecular formula is C22H18Cl2N2O. The zero-order valence-corrected chi connectivity index (χ0v) is 16.1. The fourth-order valence-electron chi connectivity index (χ4n) is 3.52. The first-order valence-electron chi connectivity index (χ1n) is 8.87. The molecule has 1 fully saturated rings. The monoisotopic (exact) mass is 396 g/mol. The van der Waals surface area contributed by atoms with Crippen molar-refractivity contribution < 1.29 is 4.79 Å².